The van der Waals surface area contributed by atoms with Gasteiger partial charge in [-0.2, -0.15) is 4.91 Å². The molecule has 0 fully saturated rings. The molecule has 0 aliphatic rings. The Kier molecular flexibility index (Phi) is 40.2. The van der Waals surface area contributed by atoms with Crippen LogP contribution in [-0.4, -0.2) is 241 Å². The molecule has 0 saturated heterocycles. The summed E-state index contributed by atoms with van der Waals surface area (Å²) in [6.45, 7) is 7.01. The second-order valence-electron chi connectivity index (χ2n) is 22.7. The fourth-order valence-electron chi connectivity index (χ4n) is 10.3. The van der Waals surface area contributed by atoms with Crippen molar-refractivity contribution in [1.29, 1.82) is 0 Å². The zero-order valence-electron chi connectivity index (χ0n) is 45.1. The van der Waals surface area contributed by atoms with Crippen molar-refractivity contribution in [3.63, 3.8) is 0 Å². The maximum atomic E-state index is 11.7. The van der Waals surface area contributed by atoms with E-state index in [1.54, 1.807) is 6.92 Å². The molecule has 0 spiro atoms. The fourth-order valence-corrected chi connectivity index (χ4v) is 10.3. The van der Waals surface area contributed by atoms with Gasteiger partial charge in [0.05, 0.1) is 134 Å². The van der Waals surface area contributed by atoms with Crippen molar-refractivity contribution in [3.05, 3.63) is 4.91 Å². The molecule has 0 aliphatic heterocycles. The van der Waals surface area contributed by atoms with E-state index in [4.69, 9.17) is 0 Å². The topological polar surface area (TPSA) is 454 Å². The second-order valence-corrected chi connectivity index (χ2v) is 22.7. The summed E-state index contributed by atoms with van der Waals surface area (Å²) in [5.41, 5.74) is 0. The van der Waals surface area contributed by atoms with E-state index >= 15 is 0 Å². The summed E-state index contributed by atoms with van der Waals surface area (Å²) < 4.78 is 0. The quantitative estimate of drug-likeness (QED) is 0.0304. The Morgan fingerprint density at radius 2 is 0.400 bits per heavy atom. The van der Waals surface area contributed by atoms with Gasteiger partial charge in [0.2, 0.25) is 0 Å². The molecule has 23 nitrogen and oxygen atoms in total. The third-order valence-corrected chi connectivity index (χ3v) is 13.7. The van der Waals surface area contributed by atoms with Crippen LogP contribution in [-0.2, 0) is 0 Å². The van der Waals surface area contributed by atoms with Crippen LogP contribution in [0.15, 0.2) is 5.18 Å². The standard InChI is InChI=1S/C52H105NO22/c1-5-33(55)11-37(59)15-41(63)19-45(67)23-49(71)27-52(74)26-48(70)22-44(66)18-40(62)14-36(58)10-32(53-75)7-29(2)6-30(3)8-34(56)12-38(60)16-42(64)20-46(68)24-50(72)28-51(73)25-47(69)21-43(65)17-39(61)13-35(57)9-31(4)54/h29-52,54-74H,5-28H2,1-4H3/t29?,30-,31?,32?,33?,34?,35?,36?,37?,38?,39?,40?,41?,42?,43?,44?,45?,46?,47?,48?,49?,50?,51?,52?/m1/s1. The van der Waals surface area contributed by atoms with Crippen molar-refractivity contribution in [1.82, 2.24) is 0 Å². The molecule has 0 amide bonds. The van der Waals surface area contributed by atoms with Crippen LogP contribution in [0, 0.1) is 16.7 Å². The molecule has 450 valence electrons. The van der Waals surface area contributed by atoms with Crippen molar-refractivity contribution >= 4 is 0 Å². The lowest BCUT2D eigenvalue weighted by molar-refractivity contribution is -0.0167. The lowest BCUT2D eigenvalue weighted by Gasteiger charge is -2.25. The number of nitrogens with zero attached hydrogens (tertiary/aromatic N) is 1. The molecule has 21 N–H and O–H groups in total. The minimum absolute atomic E-state index is 0.0589. The first-order valence-electron chi connectivity index (χ1n) is 27.5. The number of hydrogen-bond donors (Lipinski definition) is 21. The monoisotopic (exact) mass is 1100 g/mol. The maximum Gasteiger partial charge on any atom is 0.0946 e. The van der Waals surface area contributed by atoms with Crippen LogP contribution < -0.4 is 0 Å². The van der Waals surface area contributed by atoms with Gasteiger partial charge < -0.3 is 107 Å². The molecule has 0 saturated carbocycles. The summed E-state index contributed by atoms with van der Waals surface area (Å²) in [6, 6.07) is -0.807. The third kappa shape index (κ3) is 40.6. The summed E-state index contributed by atoms with van der Waals surface area (Å²) in [7, 11) is 0. The van der Waals surface area contributed by atoms with Crippen molar-refractivity contribution in [2.45, 2.75) is 316 Å². The summed E-state index contributed by atoms with van der Waals surface area (Å²) in [5, 5.41) is 219. The van der Waals surface area contributed by atoms with Crippen molar-refractivity contribution < 1.29 is 107 Å². The molecule has 0 rings (SSSR count). The molecule has 0 aromatic carbocycles. The molecule has 0 heterocycles. The number of aliphatic hydroxyl groups excluding tert-OH is 21. The van der Waals surface area contributed by atoms with E-state index in [1.807, 2.05) is 13.8 Å². The summed E-state index contributed by atoms with van der Waals surface area (Å²) in [5.74, 6) is -0.153. The highest BCUT2D eigenvalue weighted by Gasteiger charge is 2.29. The number of nitroso groups, excluding NO2 is 1. The van der Waals surface area contributed by atoms with Gasteiger partial charge in [-0.25, -0.2) is 0 Å². The van der Waals surface area contributed by atoms with E-state index < -0.39 is 134 Å². The molecule has 23 heteroatoms. The van der Waals surface area contributed by atoms with E-state index in [0.717, 1.165) is 0 Å². The Balaban J connectivity index is 4.55. The van der Waals surface area contributed by atoms with Crippen LogP contribution in [0.1, 0.15) is 182 Å². The summed E-state index contributed by atoms with van der Waals surface area (Å²) >= 11 is 0. The van der Waals surface area contributed by atoms with Crippen LogP contribution in [0.2, 0.25) is 0 Å². The normalized spacial score (nSPS) is 22.3. The first-order valence-corrected chi connectivity index (χ1v) is 27.5. The lowest BCUT2D eigenvalue weighted by atomic mass is 9.86. The van der Waals surface area contributed by atoms with Gasteiger partial charge in [0.25, 0.3) is 0 Å². The highest BCUT2D eigenvalue weighted by molar-refractivity contribution is 4.81. The molecular formula is C52H105NO22. The van der Waals surface area contributed by atoms with E-state index in [9.17, 15) is 112 Å². The Bertz CT molecular complexity index is 1380. The van der Waals surface area contributed by atoms with Crippen molar-refractivity contribution in [2.24, 2.45) is 17.0 Å². The van der Waals surface area contributed by atoms with Gasteiger partial charge in [-0.1, -0.05) is 25.9 Å². The Morgan fingerprint density at radius 1 is 0.227 bits per heavy atom. The molecule has 0 radical (unpaired) electrons. The van der Waals surface area contributed by atoms with Crippen LogP contribution >= 0.6 is 0 Å². The van der Waals surface area contributed by atoms with Gasteiger partial charge in [-0.15, -0.1) is 0 Å². The van der Waals surface area contributed by atoms with Gasteiger partial charge >= 0.3 is 0 Å². The van der Waals surface area contributed by atoms with Gasteiger partial charge in [0.1, 0.15) is 0 Å². The molecule has 0 aromatic rings. The van der Waals surface area contributed by atoms with E-state index in [1.165, 1.54) is 6.92 Å². The number of rotatable bonds is 48. The van der Waals surface area contributed by atoms with E-state index in [2.05, 4.69) is 5.18 Å². The van der Waals surface area contributed by atoms with Crippen LogP contribution in [0.3, 0.4) is 0 Å². The van der Waals surface area contributed by atoms with Crippen molar-refractivity contribution in [2.75, 3.05) is 0 Å². The lowest BCUT2D eigenvalue weighted by Crippen LogP contribution is -2.31. The van der Waals surface area contributed by atoms with Gasteiger partial charge in [-0.3, -0.25) is 0 Å². The zero-order chi connectivity index (χ0) is 57.5. The maximum absolute atomic E-state index is 11.7. The molecule has 23 unspecified atom stereocenters. The van der Waals surface area contributed by atoms with Crippen LogP contribution in [0.5, 0.6) is 0 Å². The predicted octanol–water partition coefficient (Wildman–Crippen LogP) is -1.63. The van der Waals surface area contributed by atoms with Gasteiger partial charge in [0, 0.05) is 0 Å². The third-order valence-electron chi connectivity index (χ3n) is 13.7. The van der Waals surface area contributed by atoms with Crippen LogP contribution in [0.4, 0.5) is 0 Å². The molecule has 0 aliphatic carbocycles. The van der Waals surface area contributed by atoms with Crippen LogP contribution in [0.25, 0.3) is 0 Å². The SMILES string of the molecule is CCC(O)CC(O)CC(O)CC(O)CC(O)CC(O)CC(O)CC(O)CC(O)CC(O)CC(CC(C)C[C@@H](C)CC(O)CC(O)CC(O)CC(O)CC(O)CC(O)CC(O)CC(O)CC(O)CC(O)CC(C)O)N=O. The smallest absolute Gasteiger partial charge is 0.0946 e. The number of aliphatic hydroxyl groups is 21. The second kappa shape index (κ2) is 40.9. The Morgan fingerprint density at radius 3 is 0.600 bits per heavy atom. The minimum Gasteiger partial charge on any atom is -0.393 e. The highest BCUT2D eigenvalue weighted by atomic mass is 16.3. The minimum atomic E-state index is -1.22. The fraction of sp³-hybridized carbons (Fsp3) is 1.00. The van der Waals surface area contributed by atoms with Gasteiger partial charge in [0.15, 0.2) is 0 Å². The van der Waals surface area contributed by atoms with E-state index in [-0.39, 0.29) is 147 Å². The molecule has 0 bridgehead atoms. The molecule has 75 heavy (non-hydrogen) atoms. The first kappa shape index (κ1) is 73.8. The molecule has 0 aromatic heterocycles. The zero-order valence-corrected chi connectivity index (χ0v) is 45.1. The Hall–Kier alpha value is -1.24. The largest absolute Gasteiger partial charge is 0.393 e. The summed E-state index contributed by atoms with van der Waals surface area (Å²) in [6.07, 6.45) is -24.5. The van der Waals surface area contributed by atoms with Crippen molar-refractivity contribution in [3.8, 4) is 0 Å². The molecule has 24 atom stereocenters. The number of hydrogen-bond acceptors (Lipinski definition) is 23. The molecular weight excluding hydrogens is 991 g/mol. The predicted molar refractivity (Wildman–Crippen MR) is 276 cm³/mol. The highest BCUT2D eigenvalue weighted by Crippen LogP contribution is 2.27. The van der Waals surface area contributed by atoms with Gasteiger partial charge in [-0.05, 0) is 173 Å². The summed E-state index contributed by atoms with van der Waals surface area (Å²) in [4.78, 5) is 11.7. The Labute approximate surface area is 444 Å². The first-order chi connectivity index (χ1) is 34.9. The van der Waals surface area contributed by atoms with E-state index in [0.29, 0.717) is 19.3 Å². The average Bonchev–Trinajstić information content (AvgIpc) is 3.21. The average molecular weight is 1100 g/mol.